The van der Waals surface area contributed by atoms with Gasteiger partial charge < -0.3 is 10.2 Å². The van der Waals surface area contributed by atoms with Gasteiger partial charge in [0.25, 0.3) is 0 Å². The Morgan fingerprint density at radius 3 is 2.36 bits per heavy atom. The first-order valence-corrected chi connectivity index (χ1v) is 4.29. The van der Waals surface area contributed by atoms with E-state index < -0.39 is 0 Å². The molecule has 0 atom stereocenters. The molecule has 0 saturated heterocycles. The van der Waals surface area contributed by atoms with Crippen LogP contribution in [0.15, 0.2) is 6.07 Å². The van der Waals surface area contributed by atoms with Crippen molar-refractivity contribution in [2.75, 3.05) is 0 Å². The quantitative estimate of drug-likeness (QED) is 0.557. The Bertz CT molecular complexity index is 268. The summed E-state index contributed by atoms with van der Waals surface area (Å²) < 4.78 is 0.722. The standard InChI is InChI=1S/C8H9IO2/c1-4-3-6(10)8(11)7(9)5(4)2/h3,10-11H,1-2H3. The van der Waals surface area contributed by atoms with Crippen LogP contribution < -0.4 is 0 Å². The maximum absolute atomic E-state index is 9.25. The summed E-state index contributed by atoms with van der Waals surface area (Å²) in [6.45, 7) is 3.81. The van der Waals surface area contributed by atoms with Crippen molar-refractivity contribution in [1.29, 1.82) is 0 Å². The molecule has 3 heteroatoms. The van der Waals surface area contributed by atoms with E-state index in [4.69, 9.17) is 5.11 Å². The summed E-state index contributed by atoms with van der Waals surface area (Å²) in [6.07, 6.45) is 0. The maximum Gasteiger partial charge on any atom is 0.171 e. The topological polar surface area (TPSA) is 40.5 Å². The lowest BCUT2D eigenvalue weighted by molar-refractivity contribution is 0.400. The Balaban J connectivity index is 3.46. The first-order chi connectivity index (χ1) is 5.04. The molecule has 1 rings (SSSR count). The number of hydrogen-bond acceptors (Lipinski definition) is 2. The van der Waals surface area contributed by atoms with Crippen LogP contribution in [0.1, 0.15) is 11.1 Å². The third kappa shape index (κ3) is 1.42. The van der Waals surface area contributed by atoms with E-state index in [-0.39, 0.29) is 11.5 Å². The van der Waals surface area contributed by atoms with Crippen LogP contribution in [0.2, 0.25) is 0 Å². The van der Waals surface area contributed by atoms with Gasteiger partial charge in [0.05, 0.1) is 3.57 Å². The van der Waals surface area contributed by atoms with Crippen LogP contribution in [0.3, 0.4) is 0 Å². The van der Waals surface area contributed by atoms with Gasteiger partial charge in [-0.3, -0.25) is 0 Å². The number of hydrogen-bond donors (Lipinski definition) is 2. The predicted octanol–water partition coefficient (Wildman–Crippen LogP) is 2.32. The molecule has 0 aliphatic carbocycles. The zero-order chi connectivity index (χ0) is 8.59. The van der Waals surface area contributed by atoms with Crippen LogP contribution in [-0.4, -0.2) is 10.2 Å². The van der Waals surface area contributed by atoms with Crippen molar-refractivity contribution in [2.45, 2.75) is 13.8 Å². The van der Waals surface area contributed by atoms with Crippen molar-refractivity contribution in [3.8, 4) is 11.5 Å². The van der Waals surface area contributed by atoms with Crippen molar-refractivity contribution in [1.82, 2.24) is 0 Å². The molecule has 1 aromatic carbocycles. The van der Waals surface area contributed by atoms with Gasteiger partial charge in [0, 0.05) is 0 Å². The highest BCUT2D eigenvalue weighted by atomic mass is 127. The molecular weight excluding hydrogens is 255 g/mol. The summed E-state index contributed by atoms with van der Waals surface area (Å²) in [5.41, 5.74) is 2.01. The number of aryl methyl sites for hydroxylation is 1. The molecule has 0 bridgehead atoms. The average Bonchev–Trinajstić information content (AvgIpc) is 1.97. The lowest BCUT2D eigenvalue weighted by atomic mass is 10.1. The van der Waals surface area contributed by atoms with E-state index >= 15 is 0 Å². The van der Waals surface area contributed by atoms with Gasteiger partial charge in [0.1, 0.15) is 0 Å². The summed E-state index contributed by atoms with van der Waals surface area (Å²) in [5, 5.41) is 18.4. The molecule has 0 saturated carbocycles. The van der Waals surface area contributed by atoms with E-state index in [9.17, 15) is 5.11 Å². The SMILES string of the molecule is Cc1cc(O)c(O)c(I)c1C. The summed E-state index contributed by atoms with van der Waals surface area (Å²) >= 11 is 2.01. The lowest BCUT2D eigenvalue weighted by Gasteiger charge is -2.06. The second-order valence-corrected chi connectivity index (χ2v) is 3.58. The van der Waals surface area contributed by atoms with Gasteiger partial charge in [0.15, 0.2) is 11.5 Å². The van der Waals surface area contributed by atoms with Crippen molar-refractivity contribution in [3.63, 3.8) is 0 Å². The molecule has 0 spiro atoms. The highest BCUT2D eigenvalue weighted by Gasteiger charge is 2.08. The third-order valence-electron chi connectivity index (χ3n) is 1.72. The largest absolute Gasteiger partial charge is 0.504 e. The van der Waals surface area contributed by atoms with Gasteiger partial charge in [-0.15, -0.1) is 0 Å². The second-order valence-electron chi connectivity index (χ2n) is 2.50. The number of phenols is 2. The second kappa shape index (κ2) is 2.89. The van der Waals surface area contributed by atoms with E-state index in [1.54, 1.807) is 6.07 Å². The minimum Gasteiger partial charge on any atom is -0.504 e. The molecule has 2 N–H and O–H groups in total. The van der Waals surface area contributed by atoms with Crippen LogP contribution in [-0.2, 0) is 0 Å². The Kier molecular flexibility index (Phi) is 2.27. The Hall–Kier alpha value is -0.450. The average molecular weight is 264 g/mol. The number of halogens is 1. The van der Waals surface area contributed by atoms with E-state index in [2.05, 4.69) is 0 Å². The molecule has 0 radical (unpaired) electrons. The number of rotatable bonds is 0. The van der Waals surface area contributed by atoms with E-state index in [1.807, 2.05) is 36.4 Å². The molecule has 0 aromatic heterocycles. The van der Waals surface area contributed by atoms with Gasteiger partial charge in [-0.05, 0) is 53.6 Å². The summed E-state index contributed by atoms with van der Waals surface area (Å²) in [7, 11) is 0. The van der Waals surface area contributed by atoms with Crippen molar-refractivity contribution >= 4 is 22.6 Å². The van der Waals surface area contributed by atoms with Crippen molar-refractivity contribution in [2.24, 2.45) is 0 Å². The molecule has 2 nitrogen and oxygen atoms in total. The smallest absolute Gasteiger partial charge is 0.171 e. The minimum atomic E-state index is -0.0440. The van der Waals surface area contributed by atoms with Crippen LogP contribution in [0.5, 0.6) is 11.5 Å². The monoisotopic (exact) mass is 264 g/mol. The summed E-state index contributed by atoms with van der Waals surface area (Å²) in [5.74, 6) is -0.0637. The van der Waals surface area contributed by atoms with Gasteiger partial charge >= 0.3 is 0 Å². The molecule has 0 heterocycles. The highest BCUT2D eigenvalue weighted by Crippen LogP contribution is 2.34. The van der Waals surface area contributed by atoms with Crippen molar-refractivity contribution in [3.05, 3.63) is 20.8 Å². The van der Waals surface area contributed by atoms with Crippen LogP contribution in [0, 0.1) is 17.4 Å². The molecule has 0 amide bonds. The zero-order valence-corrected chi connectivity index (χ0v) is 8.51. The van der Waals surface area contributed by atoms with Gasteiger partial charge in [-0.25, -0.2) is 0 Å². The number of phenolic OH excluding ortho intramolecular Hbond substituents is 2. The normalized spacial score (nSPS) is 10.1. The fourth-order valence-corrected chi connectivity index (χ4v) is 1.55. The maximum atomic E-state index is 9.25. The van der Waals surface area contributed by atoms with Crippen LogP contribution in [0.4, 0.5) is 0 Å². The first kappa shape index (κ1) is 8.64. The molecule has 0 aliphatic heterocycles. The third-order valence-corrected chi connectivity index (χ3v) is 3.04. The molecule has 1 aromatic rings. The van der Waals surface area contributed by atoms with E-state index in [0.29, 0.717) is 0 Å². The fourth-order valence-electron chi connectivity index (χ4n) is 0.845. The van der Waals surface area contributed by atoms with Gasteiger partial charge in [0.2, 0.25) is 0 Å². The molecule has 0 aliphatic rings. The van der Waals surface area contributed by atoms with Crippen molar-refractivity contribution < 1.29 is 10.2 Å². The number of benzene rings is 1. The zero-order valence-electron chi connectivity index (χ0n) is 6.35. The summed E-state index contributed by atoms with van der Waals surface area (Å²) in [4.78, 5) is 0. The van der Waals surface area contributed by atoms with Gasteiger partial charge in [-0.2, -0.15) is 0 Å². The molecule has 11 heavy (non-hydrogen) atoms. The fraction of sp³-hybridized carbons (Fsp3) is 0.250. The van der Waals surface area contributed by atoms with Crippen LogP contribution >= 0.6 is 22.6 Å². The Labute approximate surface area is 79.0 Å². The molecular formula is C8H9IO2. The first-order valence-electron chi connectivity index (χ1n) is 3.21. The Morgan fingerprint density at radius 2 is 1.82 bits per heavy atom. The molecule has 0 unspecified atom stereocenters. The minimum absolute atomic E-state index is 0.0197. The van der Waals surface area contributed by atoms with E-state index in [0.717, 1.165) is 14.7 Å². The number of aromatic hydroxyl groups is 2. The predicted molar refractivity (Wildman–Crippen MR) is 52.0 cm³/mol. The van der Waals surface area contributed by atoms with Crippen LogP contribution in [0.25, 0.3) is 0 Å². The lowest BCUT2D eigenvalue weighted by Crippen LogP contribution is -1.86. The summed E-state index contributed by atoms with van der Waals surface area (Å²) in [6, 6.07) is 1.56. The molecule has 60 valence electrons. The van der Waals surface area contributed by atoms with Gasteiger partial charge in [-0.1, -0.05) is 0 Å². The Morgan fingerprint density at radius 1 is 1.27 bits per heavy atom. The molecule has 0 fully saturated rings. The van der Waals surface area contributed by atoms with E-state index in [1.165, 1.54) is 0 Å². The highest BCUT2D eigenvalue weighted by molar-refractivity contribution is 14.1.